The Hall–Kier alpha value is -1.03. The zero-order valence-electron chi connectivity index (χ0n) is 9.04. The third kappa shape index (κ3) is 3.91. The number of ether oxygens (including phenoxy) is 1. The number of rotatable bonds is 5. The van der Waals surface area contributed by atoms with Gasteiger partial charge >= 0.3 is 11.9 Å². The van der Waals surface area contributed by atoms with E-state index in [2.05, 4.69) is 0 Å². The number of carboxylic acids is 1. The largest absolute Gasteiger partial charge is 0.480 e. The lowest BCUT2D eigenvalue weighted by molar-refractivity contribution is -0.166. The van der Waals surface area contributed by atoms with Crippen molar-refractivity contribution in [3.05, 3.63) is 11.1 Å². The number of allylic oxidation sites excluding steroid dienone is 2. The van der Waals surface area contributed by atoms with Crippen molar-refractivity contribution in [2.45, 2.75) is 27.2 Å². The van der Waals surface area contributed by atoms with Crippen molar-refractivity contribution in [1.29, 1.82) is 0 Å². The van der Waals surface area contributed by atoms with Crippen LogP contribution in [0.1, 0.15) is 27.2 Å². The van der Waals surface area contributed by atoms with Crippen LogP contribution in [0.2, 0.25) is 0 Å². The Labute approximate surface area is 93.9 Å². The zero-order valence-corrected chi connectivity index (χ0v) is 9.80. The predicted molar refractivity (Wildman–Crippen MR) is 56.6 cm³/mol. The highest BCUT2D eigenvalue weighted by molar-refractivity contribution is 6.29. The number of carbonyl (C=O) groups excluding carboxylic acids is 1. The first-order chi connectivity index (χ1) is 6.84. The van der Waals surface area contributed by atoms with E-state index < -0.39 is 17.4 Å². The summed E-state index contributed by atoms with van der Waals surface area (Å²) in [5, 5.41) is 9.42. The Morgan fingerprint density at radius 3 is 2.40 bits per heavy atom. The van der Waals surface area contributed by atoms with Crippen LogP contribution in [-0.4, -0.2) is 23.7 Å². The monoisotopic (exact) mass is 234 g/mol. The van der Waals surface area contributed by atoms with E-state index in [1.165, 1.54) is 13.0 Å². The van der Waals surface area contributed by atoms with Gasteiger partial charge in [-0.3, -0.25) is 9.59 Å². The van der Waals surface area contributed by atoms with Gasteiger partial charge in [-0.1, -0.05) is 17.7 Å². The first-order valence-electron chi connectivity index (χ1n) is 4.57. The molecule has 15 heavy (non-hydrogen) atoms. The number of aliphatic carboxylic acids is 1. The summed E-state index contributed by atoms with van der Waals surface area (Å²) in [5.41, 5.74) is -1.56. The van der Waals surface area contributed by atoms with Gasteiger partial charge in [-0.05, 0) is 27.2 Å². The summed E-state index contributed by atoms with van der Waals surface area (Å²) < 4.78 is 4.71. The van der Waals surface area contributed by atoms with E-state index in [9.17, 15) is 9.59 Å². The van der Waals surface area contributed by atoms with E-state index in [1.54, 1.807) is 13.8 Å². The second kappa shape index (κ2) is 5.75. The summed E-state index contributed by atoms with van der Waals surface area (Å²) in [7, 11) is 0. The number of carbonyl (C=O) groups is 2. The fourth-order valence-electron chi connectivity index (χ4n) is 0.893. The molecule has 0 aliphatic heterocycles. The maximum Gasteiger partial charge on any atom is 0.323 e. The number of carboxylic acid groups (broad SMARTS) is 1. The van der Waals surface area contributed by atoms with E-state index in [-0.39, 0.29) is 13.0 Å². The molecule has 0 heterocycles. The van der Waals surface area contributed by atoms with Crippen molar-refractivity contribution < 1.29 is 19.4 Å². The number of esters is 1. The molecular weight excluding hydrogens is 220 g/mol. The van der Waals surface area contributed by atoms with Gasteiger partial charge in [-0.25, -0.2) is 0 Å². The Morgan fingerprint density at radius 1 is 1.53 bits per heavy atom. The van der Waals surface area contributed by atoms with E-state index in [4.69, 9.17) is 21.4 Å². The minimum absolute atomic E-state index is 0.0243. The van der Waals surface area contributed by atoms with Gasteiger partial charge < -0.3 is 9.84 Å². The zero-order chi connectivity index (χ0) is 12.1. The van der Waals surface area contributed by atoms with Gasteiger partial charge in [0.1, 0.15) is 0 Å². The van der Waals surface area contributed by atoms with E-state index in [0.717, 1.165) is 0 Å². The summed E-state index contributed by atoms with van der Waals surface area (Å²) in [5.74, 6) is -1.96. The molecule has 5 heteroatoms. The average Bonchev–Trinajstić information content (AvgIpc) is 2.14. The summed E-state index contributed by atoms with van der Waals surface area (Å²) in [6, 6.07) is 0. The number of halogens is 1. The third-order valence-electron chi connectivity index (χ3n) is 1.99. The molecule has 4 nitrogen and oxygen atoms in total. The van der Waals surface area contributed by atoms with Gasteiger partial charge in [-0.2, -0.15) is 0 Å². The standard InChI is InChI=1S/C10H15ClO4/c1-4-15-9(14)10(3,8(12)13)6-5-7(2)11/h5H,4,6H2,1-3H3,(H,12,13)/b7-5-. The molecule has 1 atom stereocenters. The molecule has 0 aliphatic carbocycles. The van der Waals surface area contributed by atoms with Gasteiger partial charge in [0.2, 0.25) is 0 Å². The Bertz CT molecular complexity index is 281. The molecule has 0 spiro atoms. The molecule has 0 saturated carbocycles. The molecule has 0 amide bonds. The summed E-state index contributed by atoms with van der Waals surface area (Å²) in [4.78, 5) is 22.4. The molecule has 0 aromatic heterocycles. The van der Waals surface area contributed by atoms with Crippen molar-refractivity contribution in [2.24, 2.45) is 5.41 Å². The molecule has 0 rings (SSSR count). The maximum atomic E-state index is 11.4. The van der Waals surface area contributed by atoms with E-state index in [0.29, 0.717) is 5.03 Å². The second-order valence-electron chi connectivity index (χ2n) is 3.35. The first kappa shape index (κ1) is 14.0. The van der Waals surface area contributed by atoms with Crippen LogP contribution in [0.25, 0.3) is 0 Å². The molecule has 1 unspecified atom stereocenters. The van der Waals surface area contributed by atoms with E-state index in [1.807, 2.05) is 0 Å². The Morgan fingerprint density at radius 2 is 2.07 bits per heavy atom. The highest BCUT2D eigenvalue weighted by Crippen LogP contribution is 2.25. The van der Waals surface area contributed by atoms with Gasteiger partial charge in [0.05, 0.1) is 6.61 Å². The second-order valence-corrected chi connectivity index (χ2v) is 3.95. The number of hydrogen-bond donors (Lipinski definition) is 1. The molecule has 0 bridgehead atoms. The summed E-state index contributed by atoms with van der Waals surface area (Å²) in [6.07, 6.45) is 1.52. The van der Waals surface area contributed by atoms with Crippen LogP contribution in [-0.2, 0) is 14.3 Å². The van der Waals surface area contributed by atoms with Crippen LogP contribution in [0.15, 0.2) is 11.1 Å². The van der Waals surface area contributed by atoms with Gasteiger partial charge in [-0.15, -0.1) is 0 Å². The van der Waals surface area contributed by atoms with Crippen LogP contribution in [0.5, 0.6) is 0 Å². The fourth-order valence-corrected chi connectivity index (χ4v) is 0.970. The molecule has 0 aromatic rings. The summed E-state index contributed by atoms with van der Waals surface area (Å²) in [6.45, 7) is 4.73. The van der Waals surface area contributed by atoms with Crippen LogP contribution in [0.3, 0.4) is 0 Å². The molecule has 1 N–H and O–H groups in total. The first-order valence-corrected chi connectivity index (χ1v) is 4.95. The highest BCUT2D eigenvalue weighted by atomic mass is 35.5. The van der Waals surface area contributed by atoms with Crippen LogP contribution < -0.4 is 0 Å². The topological polar surface area (TPSA) is 63.6 Å². The molecule has 0 fully saturated rings. The van der Waals surface area contributed by atoms with Crippen molar-refractivity contribution in [3.63, 3.8) is 0 Å². The third-order valence-corrected chi connectivity index (χ3v) is 2.14. The summed E-state index contributed by atoms with van der Waals surface area (Å²) >= 11 is 5.59. The maximum absolute atomic E-state index is 11.4. The van der Waals surface area contributed by atoms with E-state index >= 15 is 0 Å². The SMILES string of the molecule is CCOC(=O)C(C)(C/C=C(/C)Cl)C(=O)O. The molecule has 0 saturated heterocycles. The lowest BCUT2D eigenvalue weighted by Gasteiger charge is -2.20. The van der Waals surface area contributed by atoms with Crippen LogP contribution >= 0.6 is 11.6 Å². The molecule has 86 valence electrons. The Kier molecular flexibility index (Phi) is 5.36. The molecule has 0 radical (unpaired) electrons. The number of hydrogen-bond acceptors (Lipinski definition) is 3. The fraction of sp³-hybridized carbons (Fsp3) is 0.600. The van der Waals surface area contributed by atoms with Gasteiger partial charge in [0.25, 0.3) is 0 Å². The van der Waals surface area contributed by atoms with Crippen molar-refractivity contribution >= 4 is 23.5 Å². The Balaban J connectivity index is 4.82. The van der Waals surface area contributed by atoms with Crippen LogP contribution in [0.4, 0.5) is 0 Å². The van der Waals surface area contributed by atoms with Gasteiger partial charge in [0, 0.05) is 5.03 Å². The van der Waals surface area contributed by atoms with Crippen molar-refractivity contribution in [2.75, 3.05) is 6.61 Å². The lowest BCUT2D eigenvalue weighted by atomic mass is 9.87. The normalized spacial score (nSPS) is 15.6. The molecule has 0 aromatic carbocycles. The molecular formula is C10H15ClO4. The van der Waals surface area contributed by atoms with Crippen molar-refractivity contribution in [1.82, 2.24) is 0 Å². The predicted octanol–water partition coefficient (Wildman–Crippen LogP) is 2.17. The van der Waals surface area contributed by atoms with Gasteiger partial charge in [0.15, 0.2) is 5.41 Å². The molecule has 0 aliphatic rings. The smallest absolute Gasteiger partial charge is 0.323 e. The van der Waals surface area contributed by atoms with Crippen LogP contribution in [0, 0.1) is 5.41 Å². The average molecular weight is 235 g/mol. The quantitative estimate of drug-likeness (QED) is 0.585. The highest BCUT2D eigenvalue weighted by Gasteiger charge is 2.41. The minimum Gasteiger partial charge on any atom is -0.480 e. The lowest BCUT2D eigenvalue weighted by Crippen LogP contribution is -2.37. The minimum atomic E-state index is -1.56. The van der Waals surface area contributed by atoms with Crippen molar-refractivity contribution in [3.8, 4) is 0 Å².